The molecule has 1 aliphatic heterocycles. The van der Waals surface area contributed by atoms with Crippen LogP contribution in [0, 0.1) is 5.41 Å². The number of rotatable bonds is 9. The van der Waals surface area contributed by atoms with Crippen molar-refractivity contribution in [3.05, 3.63) is 0 Å². The van der Waals surface area contributed by atoms with E-state index < -0.39 is 0 Å². The molecule has 0 amide bonds. The molecule has 0 aromatic carbocycles. The quantitative estimate of drug-likeness (QED) is 0.482. The SMILES string of the molecule is ClCC(CCl)(CCl)COCCOC1CCCCO1. The topological polar surface area (TPSA) is 27.7 Å². The summed E-state index contributed by atoms with van der Waals surface area (Å²) in [5, 5.41) is 0. The van der Waals surface area contributed by atoms with Crippen molar-refractivity contribution < 1.29 is 14.2 Å². The van der Waals surface area contributed by atoms with Gasteiger partial charge < -0.3 is 14.2 Å². The van der Waals surface area contributed by atoms with Crippen LogP contribution in [0.2, 0.25) is 0 Å². The van der Waals surface area contributed by atoms with E-state index in [-0.39, 0.29) is 11.7 Å². The van der Waals surface area contributed by atoms with Crippen molar-refractivity contribution in [1.82, 2.24) is 0 Å². The van der Waals surface area contributed by atoms with E-state index in [9.17, 15) is 0 Å². The van der Waals surface area contributed by atoms with Crippen molar-refractivity contribution in [3.8, 4) is 0 Å². The van der Waals surface area contributed by atoms with Gasteiger partial charge in [0.05, 0.1) is 19.8 Å². The van der Waals surface area contributed by atoms with Crippen molar-refractivity contribution in [2.75, 3.05) is 44.1 Å². The van der Waals surface area contributed by atoms with Gasteiger partial charge in [-0.3, -0.25) is 0 Å². The van der Waals surface area contributed by atoms with Gasteiger partial charge in [0.1, 0.15) is 0 Å². The first kappa shape index (κ1) is 16.8. The summed E-state index contributed by atoms with van der Waals surface area (Å²) >= 11 is 17.6. The Hall–Kier alpha value is 0.750. The molecule has 1 heterocycles. The molecule has 0 spiro atoms. The van der Waals surface area contributed by atoms with Crippen molar-refractivity contribution >= 4 is 34.8 Å². The molecular formula is C12H21Cl3O3. The largest absolute Gasteiger partial charge is 0.378 e. The first-order valence-electron chi connectivity index (χ1n) is 6.25. The van der Waals surface area contributed by atoms with Crippen LogP contribution in [0.4, 0.5) is 0 Å². The summed E-state index contributed by atoms with van der Waals surface area (Å²) in [6.45, 7) is 2.28. The molecule has 0 radical (unpaired) electrons. The van der Waals surface area contributed by atoms with E-state index in [0.29, 0.717) is 37.5 Å². The molecule has 0 N–H and O–H groups in total. The summed E-state index contributed by atoms with van der Waals surface area (Å²) in [5.41, 5.74) is -0.341. The average molecular weight is 320 g/mol. The molecule has 6 heteroatoms. The number of hydrogen-bond acceptors (Lipinski definition) is 3. The van der Waals surface area contributed by atoms with E-state index in [1.807, 2.05) is 0 Å². The fraction of sp³-hybridized carbons (Fsp3) is 1.00. The van der Waals surface area contributed by atoms with Gasteiger partial charge in [0.25, 0.3) is 0 Å². The highest BCUT2D eigenvalue weighted by atomic mass is 35.5. The number of alkyl halides is 3. The number of halogens is 3. The van der Waals surface area contributed by atoms with Crippen LogP contribution in [0.5, 0.6) is 0 Å². The molecule has 0 bridgehead atoms. The lowest BCUT2D eigenvalue weighted by atomic mass is 9.97. The lowest BCUT2D eigenvalue weighted by molar-refractivity contribution is -0.170. The molecule has 0 aliphatic carbocycles. The van der Waals surface area contributed by atoms with E-state index in [4.69, 9.17) is 49.0 Å². The maximum atomic E-state index is 5.86. The zero-order valence-electron chi connectivity index (χ0n) is 10.5. The zero-order valence-corrected chi connectivity index (χ0v) is 12.8. The Morgan fingerprint density at radius 3 is 2.33 bits per heavy atom. The minimum absolute atomic E-state index is 0.0683. The molecular weight excluding hydrogens is 298 g/mol. The van der Waals surface area contributed by atoms with E-state index in [1.165, 1.54) is 6.42 Å². The van der Waals surface area contributed by atoms with Crippen molar-refractivity contribution in [2.24, 2.45) is 5.41 Å². The third-order valence-electron chi connectivity index (χ3n) is 2.93. The molecule has 0 aromatic rings. The highest BCUT2D eigenvalue weighted by Crippen LogP contribution is 2.23. The molecule has 18 heavy (non-hydrogen) atoms. The van der Waals surface area contributed by atoms with Gasteiger partial charge in [-0.15, -0.1) is 34.8 Å². The fourth-order valence-electron chi connectivity index (χ4n) is 1.59. The second kappa shape index (κ2) is 9.62. The van der Waals surface area contributed by atoms with Crippen molar-refractivity contribution in [2.45, 2.75) is 25.6 Å². The third kappa shape index (κ3) is 5.81. The number of hydrogen-bond donors (Lipinski definition) is 0. The first-order valence-corrected chi connectivity index (χ1v) is 7.85. The Bertz CT molecular complexity index is 198. The van der Waals surface area contributed by atoms with Gasteiger partial charge in [0, 0.05) is 29.7 Å². The molecule has 1 atom stereocenters. The van der Waals surface area contributed by atoms with Crippen LogP contribution in [0.15, 0.2) is 0 Å². The Labute approximate surface area is 124 Å². The van der Waals surface area contributed by atoms with Crippen LogP contribution in [-0.2, 0) is 14.2 Å². The predicted molar refractivity (Wildman–Crippen MR) is 75.0 cm³/mol. The van der Waals surface area contributed by atoms with Crippen LogP contribution in [0.3, 0.4) is 0 Å². The van der Waals surface area contributed by atoms with Gasteiger partial charge >= 0.3 is 0 Å². The predicted octanol–water partition coefficient (Wildman–Crippen LogP) is 3.25. The monoisotopic (exact) mass is 318 g/mol. The highest BCUT2D eigenvalue weighted by molar-refractivity contribution is 6.24. The lowest BCUT2D eigenvalue weighted by Crippen LogP contribution is -2.34. The summed E-state index contributed by atoms with van der Waals surface area (Å²) in [4.78, 5) is 0. The second-order valence-corrected chi connectivity index (χ2v) is 5.42. The normalized spacial score (nSPS) is 21.2. The number of ether oxygens (including phenoxy) is 3. The molecule has 3 nitrogen and oxygen atoms in total. The molecule has 1 saturated heterocycles. The maximum Gasteiger partial charge on any atom is 0.157 e. The molecule has 0 saturated carbocycles. The van der Waals surface area contributed by atoms with Crippen LogP contribution in [0.1, 0.15) is 19.3 Å². The van der Waals surface area contributed by atoms with Crippen LogP contribution in [-0.4, -0.2) is 50.4 Å². The Morgan fingerprint density at radius 2 is 1.78 bits per heavy atom. The van der Waals surface area contributed by atoms with Crippen LogP contribution < -0.4 is 0 Å². The Balaban J connectivity index is 2.06. The Morgan fingerprint density at radius 1 is 1.06 bits per heavy atom. The zero-order chi connectivity index (χ0) is 13.3. The summed E-state index contributed by atoms with van der Waals surface area (Å²) in [5.74, 6) is 1.19. The van der Waals surface area contributed by atoms with Gasteiger partial charge in [0.2, 0.25) is 0 Å². The van der Waals surface area contributed by atoms with Gasteiger partial charge in [0.15, 0.2) is 6.29 Å². The molecule has 1 rings (SSSR count). The molecule has 0 aromatic heterocycles. The minimum Gasteiger partial charge on any atom is -0.378 e. The van der Waals surface area contributed by atoms with Crippen molar-refractivity contribution in [3.63, 3.8) is 0 Å². The Kier molecular flexibility index (Phi) is 8.98. The smallest absolute Gasteiger partial charge is 0.157 e. The second-order valence-electron chi connectivity index (χ2n) is 4.62. The van der Waals surface area contributed by atoms with Gasteiger partial charge in [-0.1, -0.05) is 0 Å². The summed E-state index contributed by atoms with van der Waals surface area (Å²) in [6, 6.07) is 0. The van der Waals surface area contributed by atoms with Gasteiger partial charge in [-0.2, -0.15) is 0 Å². The summed E-state index contributed by atoms with van der Waals surface area (Å²) in [6.07, 6.45) is 3.19. The standard InChI is InChI=1S/C12H21Cl3O3/c13-7-12(8-14,9-15)10-16-5-6-18-11-3-1-2-4-17-11/h11H,1-10H2. The molecule has 1 fully saturated rings. The van der Waals surface area contributed by atoms with Gasteiger partial charge in [-0.05, 0) is 19.3 Å². The summed E-state index contributed by atoms with van der Waals surface area (Å²) < 4.78 is 16.5. The lowest BCUT2D eigenvalue weighted by Gasteiger charge is -2.27. The van der Waals surface area contributed by atoms with Crippen LogP contribution in [0.25, 0.3) is 0 Å². The molecule has 1 unspecified atom stereocenters. The first-order chi connectivity index (χ1) is 8.76. The highest BCUT2D eigenvalue weighted by Gasteiger charge is 2.27. The fourth-order valence-corrected chi connectivity index (χ4v) is 2.68. The summed E-state index contributed by atoms with van der Waals surface area (Å²) in [7, 11) is 0. The maximum absolute atomic E-state index is 5.86. The van der Waals surface area contributed by atoms with Crippen LogP contribution >= 0.6 is 34.8 Å². The molecule has 1 aliphatic rings. The van der Waals surface area contributed by atoms with E-state index in [1.54, 1.807) is 0 Å². The van der Waals surface area contributed by atoms with Gasteiger partial charge in [-0.25, -0.2) is 0 Å². The van der Waals surface area contributed by atoms with E-state index >= 15 is 0 Å². The average Bonchev–Trinajstić information content (AvgIpc) is 2.45. The van der Waals surface area contributed by atoms with Crippen molar-refractivity contribution in [1.29, 1.82) is 0 Å². The van der Waals surface area contributed by atoms with E-state index in [2.05, 4.69) is 0 Å². The minimum atomic E-state index is -0.341. The third-order valence-corrected chi connectivity index (χ3v) is 4.63. The van der Waals surface area contributed by atoms with E-state index in [0.717, 1.165) is 19.4 Å². The molecule has 108 valence electrons.